The molecule has 0 aliphatic rings. The number of ether oxygens (including phenoxy) is 1. The molecule has 0 amide bonds. The van der Waals surface area contributed by atoms with E-state index in [-0.39, 0.29) is 12.4 Å². The molecule has 0 bridgehead atoms. The molecule has 3 aromatic carbocycles. The van der Waals surface area contributed by atoms with E-state index in [9.17, 15) is 9.59 Å². The Bertz CT molecular complexity index is 915. The van der Waals surface area contributed by atoms with Gasteiger partial charge < -0.3 is 15.4 Å². The number of ketones is 1. The fourth-order valence-corrected chi connectivity index (χ4v) is 3.02. The number of esters is 1. The van der Waals surface area contributed by atoms with Gasteiger partial charge in [-0.2, -0.15) is 0 Å². The van der Waals surface area contributed by atoms with Crippen molar-refractivity contribution in [3.05, 3.63) is 96.6 Å². The molecule has 0 heterocycles. The maximum Gasteiger partial charge on any atom is 0.331 e. The van der Waals surface area contributed by atoms with Crippen LogP contribution in [0.4, 0.5) is 11.4 Å². The molecule has 0 saturated heterocycles. The van der Waals surface area contributed by atoms with Crippen LogP contribution in [0.5, 0.6) is 0 Å². The predicted octanol–water partition coefficient (Wildman–Crippen LogP) is 4.39. The van der Waals surface area contributed by atoms with Gasteiger partial charge in [-0.1, -0.05) is 66.7 Å². The second-order valence-electron chi connectivity index (χ2n) is 6.46. The quantitative estimate of drug-likeness (QED) is 0.420. The van der Waals surface area contributed by atoms with Crippen LogP contribution < -0.4 is 10.6 Å². The molecule has 29 heavy (non-hydrogen) atoms. The smallest absolute Gasteiger partial charge is 0.331 e. The number of Topliss-reactive ketones (excluding diaryl/α,β-unsaturated/α-hetero) is 1. The largest absolute Gasteiger partial charge is 0.464 e. The second kappa shape index (κ2) is 10.1. The first-order chi connectivity index (χ1) is 14.2. The third-order valence-electron chi connectivity index (χ3n) is 4.41. The van der Waals surface area contributed by atoms with Gasteiger partial charge in [0.05, 0.1) is 6.61 Å². The van der Waals surface area contributed by atoms with E-state index in [1.165, 1.54) is 0 Å². The third-order valence-corrected chi connectivity index (χ3v) is 4.41. The van der Waals surface area contributed by atoms with Crippen molar-refractivity contribution in [3.63, 3.8) is 0 Å². The zero-order chi connectivity index (χ0) is 20.5. The van der Waals surface area contributed by atoms with E-state index in [2.05, 4.69) is 10.6 Å². The summed E-state index contributed by atoms with van der Waals surface area (Å²) in [5.41, 5.74) is 1.99. The van der Waals surface area contributed by atoms with Gasteiger partial charge in [0, 0.05) is 16.9 Å². The summed E-state index contributed by atoms with van der Waals surface area (Å²) in [6, 6.07) is 25.8. The maximum atomic E-state index is 13.4. The van der Waals surface area contributed by atoms with Gasteiger partial charge in [0.1, 0.15) is 6.04 Å². The fourth-order valence-electron chi connectivity index (χ4n) is 3.02. The summed E-state index contributed by atoms with van der Waals surface area (Å²) in [6.45, 7) is 1.97. The van der Waals surface area contributed by atoms with Gasteiger partial charge in [-0.3, -0.25) is 4.79 Å². The molecule has 0 unspecified atom stereocenters. The first-order valence-electron chi connectivity index (χ1n) is 9.58. The summed E-state index contributed by atoms with van der Waals surface area (Å²) in [5, 5.41) is 6.40. The van der Waals surface area contributed by atoms with Gasteiger partial charge in [0.15, 0.2) is 11.8 Å². The van der Waals surface area contributed by atoms with Crippen LogP contribution in [-0.4, -0.2) is 30.4 Å². The van der Waals surface area contributed by atoms with E-state index in [1.54, 1.807) is 31.2 Å². The van der Waals surface area contributed by atoms with Gasteiger partial charge in [-0.25, -0.2) is 4.79 Å². The number of hydrogen-bond donors (Lipinski definition) is 2. The zero-order valence-corrected chi connectivity index (χ0v) is 16.2. The van der Waals surface area contributed by atoms with Crippen LogP contribution in [0.3, 0.4) is 0 Å². The van der Waals surface area contributed by atoms with E-state index in [4.69, 9.17) is 4.74 Å². The molecule has 0 radical (unpaired) electrons. The number of carbonyl (C=O) groups excluding carboxylic acids is 2. The minimum Gasteiger partial charge on any atom is -0.464 e. The Morgan fingerprint density at radius 2 is 1.17 bits per heavy atom. The standard InChI is InChI=1S/C24H24N2O3/c1-2-29-24(28)22(26-20-16-10-5-11-17-20)21(25-19-14-8-4-9-15-19)23(27)18-12-6-3-7-13-18/h3-17,21-22,25-26H,2H2,1H3/t21-,22+/m0/s1. The highest BCUT2D eigenvalue weighted by Gasteiger charge is 2.35. The van der Waals surface area contributed by atoms with Crippen molar-refractivity contribution in [2.45, 2.75) is 19.0 Å². The summed E-state index contributed by atoms with van der Waals surface area (Å²) in [5.74, 6) is -0.690. The lowest BCUT2D eigenvalue weighted by molar-refractivity contribution is -0.144. The summed E-state index contributed by atoms with van der Waals surface area (Å²) < 4.78 is 5.29. The van der Waals surface area contributed by atoms with Crippen molar-refractivity contribution in [1.82, 2.24) is 0 Å². The SMILES string of the molecule is CCOC(=O)[C@H](Nc1ccccc1)[C@H](Nc1ccccc1)C(=O)c1ccccc1. The van der Waals surface area contributed by atoms with E-state index in [0.29, 0.717) is 5.56 Å². The molecule has 3 rings (SSSR count). The topological polar surface area (TPSA) is 67.4 Å². The van der Waals surface area contributed by atoms with Crippen LogP contribution in [0.25, 0.3) is 0 Å². The highest BCUT2D eigenvalue weighted by atomic mass is 16.5. The van der Waals surface area contributed by atoms with Gasteiger partial charge in [0.25, 0.3) is 0 Å². The van der Waals surface area contributed by atoms with Crippen molar-refractivity contribution in [2.75, 3.05) is 17.2 Å². The maximum absolute atomic E-state index is 13.4. The Morgan fingerprint density at radius 1 is 0.724 bits per heavy atom. The fraction of sp³-hybridized carbons (Fsp3) is 0.167. The molecule has 2 atom stereocenters. The van der Waals surface area contributed by atoms with Crippen LogP contribution >= 0.6 is 0 Å². The number of nitrogens with one attached hydrogen (secondary N) is 2. The lowest BCUT2D eigenvalue weighted by Crippen LogP contribution is -2.50. The second-order valence-corrected chi connectivity index (χ2v) is 6.46. The molecule has 5 nitrogen and oxygen atoms in total. The Morgan fingerprint density at radius 3 is 1.66 bits per heavy atom. The molecule has 2 N–H and O–H groups in total. The van der Waals surface area contributed by atoms with Crippen molar-refractivity contribution in [3.8, 4) is 0 Å². The molecule has 0 spiro atoms. The number of benzene rings is 3. The lowest BCUT2D eigenvalue weighted by atomic mass is 9.96. The van der Waals surface area contributed by atoms with Crippen molar-refractivity contribution < 1.29 is 14.3 Å². The van der Waals surface area contributed by atoms with Gasteiger partial charge in [-0.05, 0) is 31.2 Å². The summed E-state index contributed by atoms with van der Waals surface area (Å²) in [7, 11) is 0. The highest BCUT2D eigenvalue weighted by Crippen LogP contribution is 2.18. The number of rotatable bonds is 9. The number of carbonyl (C=O) groups is 2. The summed E-state index contributed by atoms with van der Waals surface area (Å²) in [6.07, 6.45) is 0. The Balaban J connectivity index is 1.98. The van der Waals surface area contributed by atoms with Crippen molar-refractivity contribution in [1.29, 1.82) is 0 Å². The van der Waals surface area contributed by atoms with Gasteiger partial charge >= 0.3 is 5.97 Å². The van der Waals surface area contributed by atoms with Crippen LogP contribution in [-0.2, 0) is 9.53 Å². The Labute approximate surface area is 170 Å². The molecular weight excluding hydrogens is 364 g/mol. The molecule has 5 heteroatoms. The summed E-state index contributed by atoms with van der Waals surface area (Å²) in [4.78, 5) is 26.2. The van der Waals surface area contributed by atoms with Crippen LogP contribution in [0, 0.1) is 0 Å². The first-order valence-corrected chi connectivity index (χ1v) is 9.58. The van der Waals surface area contributed by atoms with Crippen LogP contribution in [0.1, 0.15) is 17.3 Å². The highest BCUT2D eigenvalue weighted by molar-refractivity contribution is 6.05. The normalized spacial score (nSPS) is 12.4. The third kappa shape index (κ3) is 5.45. The molecular formula is C24H24N2O3. The molecule has 0 saturated carbocycles. The van der Waals surface area contributed by atoms with E-state index < -0.39 is 18.1 Å². The lowest BCUT2D eigenvalue weighted by Gasteiger charge is -2.28. The van der Waals surface area contributed by atoms with Crippen LogP contribution in [0.15, 0.2) is 91.0 Å². The van der Waals surface area contributed by atoms with Crippen molar-refractivity contribution in [2.24, 2.45) is 0 Å². The average Bonchev–Trinajstić information content (AvgIpc) is 2.78. The molecule has 0 aliphatic carbocycles. The Hall–Kier alpha value is -3.60. The van der Waals surface area contributed by atoms with Gasteiger partial charge in [-0.15, -0.1) is 0 Å². The van der Waals surface area contributed by atoms with Crippen LogP contribution in [0.2, 0.25) is 0 Å². The number of anilines is 2. The summed E-state index contributed by atoms with van der Waals surface area (Å²) >= 11 is 0. The molecule has 3 aromatic rings. The zero-order valence-electron chi connectivity index (χ0n) is 16.2. The number of hydrogen-bond acceptors (Lipinski definition) is 5. The Kier molecular flexibility index (Phi) is 7.00. The van der Waals surface area contributed by atoms with E-state index >= 15 is 0 Å². The van der Waals surface area contributed by atoms with E-state index in [0.717, 1.165) is 11.4 Å². The minimum atomic E-state index is -0.912. The number of para-hydroxylation sites is 2. The first kappa shape index (κ1) is 20.1. The van der Waals surface area contributed by atoms with Gasteiger partial charge in [0.2, 0.25) is 0 Å². The molecule has 0 fully saturated rings. The molecule has 148 valence electrons. The van der Waals surface area contributed by atoms with Crippen molar-refractivity contribution >= 4 is 23.1 Å². The predicted molar refractivity (Wildman–Crippen MR) is 115 cm³/mol. The average molecular weight is 388 g/mol. The van der Waals surface area contributed by atoms with E-state index in [1.807, 2.05) is 66.7 Å². The molecule has 0 aromatic heterocycles. The molecule has 0 aliphatic heterocycles. The minimum absolute atomic E-state index is 0.198. The monoisotopic (exact) mass is 388 g/mol.